The third-order valence-electron chi connectivity index (χ3n) is 6.90. The maximum absolute atomic E-state index is 2.58. The van der Waals surface area contributed by atoms with Crippen LogP contribution in [0, 0.1) is 28.6 Å². The van der Waals surface area contributed by atoms with Crippen molar-refractivity contribution in [1.29, 1.82) is 0 Å². The molecule has 0 spiro atoms. The summed E-state index contributed by atoms with van der Waals surface area (Å²) in [4.78, 5) is 0. The van der Waals surface area contributed by atoms with Gasteiger partial charge in [-0.15, -0.1) is 0 Å². The molecule has 0 aromatic heterocycles. The van der Waals surface area contributed by atoms with Gasteiger partial charge in [0.2, 0.25) is 0 Å². The molecule has 3 atom stereocenters. The van der Waals surface area contributed by atoms with Gasteiger partial charge in [0.1, 0.15) is 0 Å². The molecule has 1 rings (SSSR count). The lowest BCUT2D eigenvalue weighted by Crippen LogP contribution is -2.27. The van der Waals surface area contributed by atoms with E-state index in [1.165, 1.54) is 57.8 Å². The van der Waals surface area contributed by atoms with E-state index in [4.69, 9.17) is 0 Å². The molecule has 0 bridgehead atoms. The molecule has 1 aliphatic carbocycles. The molecule has 0 radical (unpaired) electrons. The molecule has 1 fully saturated rings. The van der Waals surface area contributed by atoms with E-state index >= 15 is 0 Å². The van der Waals surface area contributed by atoms with Crippen LogP contribution in [0.15, 0.2) is 0 Å². The third-order valence-corrected chi connectivity index (χ3v) is 6.90. The second-order valence-corrected chi connectivity index (χ2v) is 9.46. The van der Waals surface area contributed by atoms with Crippen LogP contribution in [-0.2, 0) is 0 Å². The van der Waals surface area contributed by atoms with Crippen LogP contribution in [0.1, 0.15) is 106 Å². The molecular formula is C21H42. The molecule has 0 nitrogen and oxygen atoms in total. The van der Waals surface area contributed by atoms with Gasteiger partial charge in [-0.05, 0) is 60.7 Å². The maximum Gasteiger partial charge on any atom is -0.0303 e. The van der Waals surface area contributed by atoms with Crippen molar-refractivity contribution in [2.24, 2.45) is 28.6 Å². The predicted octanol–water partition coefficient (Wildman–Crippen LogP) is 7.47. The molecule has 0 aromatic carbocycles. The Morgan fingerprint density at radius 2 is 1.24 bits per heavy atom. The highest BCUT2D eigenvalue weighted by Gasteiger charge is 2.32. The van der Waals surface area contributed by atoms with Crippen LogP contribution in [0.25, 0.3) is 0 Å². The summed E-state index contributed by atoms with van der Waals surface area (Å²) >= 11 is 0. The van der Waals surface area contributed by atoms with Gasteiger partial charge in [0, 0.05) is 0 Å². The average Bonchev–Trinajstić information content (AvgIpc) is 2.37. The van der Waals surface area contributed by atoms with Gasteiger partial charge in [0.25, 0.3) is 0 Å². The summed E-state index contributed by atoms with van der Waals surface area (Å²) in [5.74, 6) is 2.53. The van der Waals surface area contributed by atoms with Crippen LogP contribution in [0.3, 0.4) is 0 Å². The number of rotatable bonds is 4. The molecule has 3 unspecified atom stereocenters. The molecule has 0 saturated heterocycles. The zero-order valence-corrected chi connectivity index (χ0v) is 16.1. The molecular weight excluding hydrogens is 252 g/mol. The number of hydrogen-bond donors (Lipinski definition) is 0. The molecule has 21 heavy (non-hydrogen) atoms. The largest absolute Gasteiger partial charge is 0.0625 e. The van der Waals surface area contributed by atoms with Gasteiger partial charge in [0.15, 0.2) is 0 Å². The molecule has 1 saturated carbocycles. The first-order chi connectivity index (χ1) is 9.68. The van der Waals surface area contributed by atoms with Crippen molar-refractivity contribution >= 4 is 0 Å². The summed E-state index contributed by atoms with van der Waals surface area (Å²) in [6.07, 6.45) is 13.0. The van der Waals surface area contributed by atoms with Gasteiger partial charge in [-0.1, -0.05) is 74.1 Å². The fraction of sp³-hybridized carbons (Fsp3) is 1.00. The molecule has 0 N–H and O–H groups in total. The van der Waals surface area contributed by atoms with Gasteiger partial charge in [-0.3, -0.25) is 0 Å². The van der Waals surface area contributed by atoms with E-state index < -0.39 is 0 Å². The smallest absolute Gasteiger partial charge is 0.0303 e. The van der Waals surface area contributed by atoms with E-state index in [-0.39, 0.29) is 0 Å². The van der Waals surface area contributed by atoms with Crippen molar-refractivity contribution in [2.75, 3.05) is 0 Å². The Labute approximate surface area is 135 Å². The molecule has 0 aromatic rings. The first kappa shape index (κ1) is 19.0. The predicted molar refractivity (Wildman–Crippen MR) is 96.6 cm³/mol. The highest BCUT2D eigenvalue weighted by molar-refractivity contribution is 4.83. The normalized spacial score (nSPS) is 34.1. The molecule has 0 heterocycles. The topological polar surface area (TPSA) is 0 Å². The first-order valence-corrected chi connectivity index (χ1v) is 9.68. The minimum atomic E-state index is 0.585. The second kappa shape index (κ2) is 8.02. The van der Waals surface area contributed by atoms with Gasteiger partial charge in [-0.2, -0.15) is 0 Å². The van der Waals surface area contributed by atoms with Crippen molar-refractivity contribution in [3.05, 3.63) is 0 Å². The van der Waals surface area contributed by atoms with Crippen LogP contribution in [-0.4, -0.2) is 0 Å². The number of hydrogen-bond acceptors (Lipinski definition) is 0. The van der Waals surface area contributed by atoms with Crippen molar-refractivity contribution in [1.82, 2.24) is 0 Å². The van der Waals surface area contributed by atoms with Crippen LogP contribution >= 0.6 is 0 Å². The first-order valence-electron chi connectivity index (χ1n) is 9.68. The van der Waals surface area contributed by atoms with Crippen molar-refractivity contribution in [3.63, 3.8) is 0 Å². The summed E-state index contributed by atoms with van der Waals surface area (Å²) in [6, 6.07) is 0. The average molecular weight is 295 g/mol. The minimum absolute atomic E-state index is 0.585. The lowest BCUT2D eigenvalue weighted by Gasteiger charge is -2.39. The third kappa shape index (κ3) is 5.95. The summed E-state index contributed by atoms with van der Waals surface area (Å²) in [7, 11) is 0. The Hall–Kier alpha value is 0. The summed E-state index contributed by atoms with van der Waals surface area (Å²) in [5, 5.41) is 0. The Bertz CT molecular complexity index is 290. The summed E-state index contributed by atoms with van der Waals surface area (Å²) < 4.78 is 0. The minimum Gasteiger partial charge on any atom is -0.0625 e. The Kier molecular flexibility index (Phi) is 7.28. The standard InChI is InChI=1S/C21H42/c1-17(2)19(5)16-20(6)12-9-8-10-14-21(7,18(3)4)15-11-13-20/h17-19H,8-16H2,1-7H3. The highest BCUT2D eigenvalue weighted by atomic mass is 14.4. The van der Waals surface area contributed by atoms with E-state index in [2.05, 4.69) is 48.5 Å². The summed E-state index contributed by atoms with van der Waals surface area (Å²) in [5.41, 5.74) is 1.18. The SMILES string of the molecule is CC(C)C(C)CC1(C)CCCCCC(C)(C(C)C)CCC1. The van der Waals surface area contributed by atoms with Crippen molar-refractivity contribution < 1.29 is 0 Å². The zero-order chi connectivity index (χ0) is 16.1. The van der Waals surface area contributed by atoms with E-state index in [1.54, 1.807) is 0 Å². The van der Waals surface area contributed by atoms with Crippen LogP contribution in [0.2, 0.25) is 0 Å². The second-order valence-electron chi connectivity index (χ2n) is 9.46. The lowest BCUT2D eigenvalue weighted by atomic mass is 9.66. The van der Waals surface area contributed by atoms with Gasteiger partial charge in [0.05, 0.1) is 0 Å². The molecule has 0 heteroatoms. The van der Waals surface area contributed by atoms with E-state index in [1.807, 2.05) is 0 Å². The Morgan fingerprint density at radius 1 is 0.714 bits per heavy atom. The Balaban J connectivity index is 2.68. The molecule has 126 valence electrons. The van der Waals surface area contributed by atoms with Crippen LogP contribution in [0.4, 0.5) is 0 Å². The van der Waals surface area contributed by atoms with Crippen LogP contribution < -0.4 is 0 Å². The van der Waals surface area contributed by atoms with E-state index in [9.17, 15) is 0 Å². The molecule has 0 amide bonds. The lowest BCUT2D eigenvalue weighted by molar-refractivity contribution is 0.124. The molecule has 1 aliphatic rings. The maximum atomic E-state index is 2.58. The Morgan fingerprint density at radius 3 is 1.81 bits per heavy atom. The van der Waals surface area contributed by atoms with E-state index in [0.29, 0.717) is 10.8 Å². The fourth-order valence-electron chi connectivity index (χ4n) is 4.22. The van der Waals surface area contributed by atoms with Crippen LogP contribution in [0.5, 0.6) is 0 Å². The van der Waals surface area contributed by atoms with Crippen molar-refractivity contribution in [2.45, 2.75) is 106 Å². The summed E-state index contributed by atoms with van der Waals surface area (Å²) in [6.45, 7) is 17.3. The quantitative estimate of drug-likeness (QED) is 0.504. The zero-order valence-electron chi connectivity index (χ0n) is 16.1. The van der Waals surface area contributed by atoms with E-state index in [0.717, 1.165) is 17.8 Å². The van der Waals surface area contributed by atoms with Gasteiger partial charge in [-0.25, -0.2) is 0 Å². The van der Waals surface area contributed by atoms with Gasteiger partial charge < -0.3 is 0 Å². The van der Waals surface area contributed by atoms with Crippen molar-refractivity contribution in [3.8, 4) is 0 Å². The highest BCUT2D eigenvalue weighted by Crippen LogP contribution is 2.44. The van der Waals surface area contributed by atoms with Gasteiger partial charge >= 0.3 is 0 Å². The molecule has 0 aliphatic heterocycles. The fourth-order valence-corrected chi connectivity index (χ4v) is 4.22. The monoisotopic (exact) mass is 294 g/mol.